The first-order chi connectivity index (χ1) is 13.2. The van der Waals surface area contributed by atoms with Crippen molar-refractivity contribution in [3.8, 4) is 0 Å². The second-order valence-corrected chi connectivity index (χ2v) is 10.1. The van der Waals surface area contributed by atoms with Crippen LogP contribution in [0.5, 0.6) is 0 Å². The average molecular weight is 473 g/mol. The van der Waals surface area contributed by atoms with E-state index in [9.17, 15) is 28.4 Å². The van der Waals surface area contributed by atoms with Crippen LogP contribution >= 0.6 is 11.8 Å². The molecule has 2 amide bonds. The van der Waals surface area contributed by atoms with Gasteiger partial charge in [-0.15, -0.1) is 0 Å². The van der Waals surface area contributed by atoms with E-state index in [1.165, 1.54) is 0 Å². The van der Waals surface area contributed by atoms with Crippen molar-refractivity contribution in [3.05, 3.63) is 24.3 Å². The number of thioether (sulfide) groups is 1. The fourth-order valence-electron chi connectivity index (χ4n) is 2.02. The summed E-state index contributed by atoms with van der Waals surface area (Å²) in [6, 6.07) is 5.75. The monoisotopic (exact) mass is 473 g/mol. The third-order valence-electron chi connectivity index (χ3n) is 3.53. The van der Waals surface area contributed by atoms with Gasteiger partial charge in [0.1, 0.15) is 5.78 Å². The third kappa shape index (κ3) is 9.36. The molecule has 154 valence electrons. The van der Waals surface area contributed by atoms with E-state index in [0.717, 1.165) is 16.1 Å². The molecule has 28 heavy (non-hydrogen) atoms. The molecule has 0 heterocycles. The number of amides is 2. The second kappa shape index (κ2) is 12.6. The molecule has 0 radical (unpaired) electrons. The predicted octanol–water partition coefficient (Wildman–Crippen LogP) is -0.944. The van der Waals surface area contributed by atoms with E-state index in [1.54, 1.807) is 30.0 Å². The van der Waals surface area contributed by atoms with E-state index >= 15 is 0 Å². The number of nitrogens with one attached hydrogen (secondary N) is 2. The minimum atomic E-state index is -1.95. The van der Waals surface area contributed by atoms with Crippen LogP contribution in [0.25, 0.3) is 0 Å². The van der Waals surface area contributed by atoms with Gasteiger partial charge in [0.05, 0.1) is 6.54 Å². The Morgan fingerprint density at radius 3 is 2.32 bits per heavy atom. The average Bonchev–Trinajstić information content (AvgIpc) is 2.65. The molecular formula is C17H24AsN3O6S. The number of nitrogens with two attached hydrogens (primary N) is 1. The van der Waals surface area contributed by atoms with Crippen molar-refractivity contribution in [2.45, 2.75) is 24.6 Å². The Balaban J connectivity index is 2.40. The molecule has 11 heteroatoms. The summed E-state index contributed by atoms with van der Waals surface area (Å²) >= 11 is -0.877. The number of anilines is 1. The summed E-state index contributed by atoms with van der Waals surface area (Å²) in [5.74, 6) is -2.34. The van der Waals surface area contributed by atoms with Gasteiger partial charge in [-0.3, -0.25) is 9.59 Å². The van der Waals surface area contributed by atoms with Crippen molar-refractivity contribution >= 4 is 60.4 Å². The Bertz CT molecular complexity index is 699. The Morgan fingerprint density at radius 1 is 1.14 bits per heavy atom. The van der Waals surface area contributed by atoms with Gasteiger partial charge < -0.3 is 5.73 Å². The molecule has 2 unspecified atom stereocenters. The van der Waals surface area contributed by atoms with Crippen molar-refractivity contribution in [2.24, 2.45) is 5.73 Å². The van der Waals surface area contributed by atoms with Crippen LogP contribution in [-0.4, -0.2) is 71.9 Å². The fourth-order valence-corrected chi connectivity index (χ4v) is 4.08. The molecule has 0 fully saturated rings. The first-order valence-electron chi connectivity index (χ1n) is 8.37. The van der Waals surface area contributed by atoms with E-state index in [-0.39, 0.29) is 42.6 Å². The van der Waals surface area contributed by atoms with Crippen LogP contribution in [0.15, 0.2) is 24.3 Å². The normalized spacial score (nSPS) is 12.7. The number of carboxylic acids is 1. The first-order valence-corrected chi connectivity index (χ1v) is 13.2. The number of hydrogen-bond acceptors (Lipinski definition) is 7. The molecule has 2 atom stereocenters. The molecule has 0 saturated carbocycles. The Kier molecular flexibility index (Phi) is 10.8. The Hall–Kier alpha value is -1.87. The zero-order valence-electron chi connectivity index (χ0n) is 15.4. The van der Waals surface area contributed by atoms with Gasteiger partial charge in [0.25, 0.3) is 0 Å². The number of aliphatic carboxylic acids is 1. The molecule has 9 nitrogen and oxygen atoms in total. The van der Waals surface area contributed by atoms with Crippen molar-refractivity contribution in [1.82, 2.24) is 5.32 Å². The van der Waals surface area contributed by atoms with Crippen LogP contribution in [0.1, 0.15) is 12.8 Å². The summed E-state index contributed by atoms with van der Waals surface area (Å²) < 4.78 is 10.5. The van der Waals surface area contributed by atoms with Gasteiger partial charge in [-0.05, 0) is 0 Å². The van der Waals surface area contributed by atoms with E-state index in [4.69, 9.17) is 5.73 Å². The van der Waals surface area contributed by atoms with Gasteiger partial charge in [-0.25, -0.2) is 0 Å². The molecule has 0 bridgehead atoms. The van der Waals surface area contributed by atoms with Gasteiger partial charge in [0.2, 0.25) is 0 Å². The summed E-state index contributed by atoms with van der Waals surface area (Å²) in [7, 11) is 0. The maximum absolute atomic E-state index is 12.0. The van der Waals surface area contributed by atoms with Crippen LogP contribution in [0.4, 0.5) is 5.69 Å². The zero-order chi connectivity index (χ0) is 21.1. The maximum atomic E-state index is 12.0. The quantitative estimate of drug-likeness (QED) is 0.243. The van der Waals surface area contributed by atoms with Crippen LogP contribution < -0.4 is 20.7 Å². The van der Waals surface area contributed by atoms with Gasteiger partial charge in [0.15, 0.2) is 0 Å². The predicted molar refractivity (Wildman–Crippen MR) is 109 cm³/mol. The Labute approximate surface area is 172 Å². The molecule has 0 aromatic heterocycles. The van der Waals surface area contributed by atoms with Gasteiger partial charge in [-0.2, -0.15) is 0 Å². The van der Waals surface area contributed by atoms with Gasteiger partial charge in [-0.1, -0.05) is 0 Å². The molecule has 0 aliphatic carbocycles. The number of Topliss-reactive ketones (excluding diaryl/α,β-unsaturated/α-hetero) is 1. The number of carbonyl (C=O) groups excluding carboxylic acids is 3. The number of benzene rings is 1. The van der Waals surface area contributed by atoms with Crippen molar-refractivity contribution < 1.29 is 28.4 Å². The van der Waals surface area contributed by atoms with E-state index < -0.39 is 32.9 Å². The standard InChI is InChI=1S/C17H24AsN3O6S/c1-18(27)11-2-4-12(5-3-11)20-16(24)10-28-9-14(17(25)26)21-15(23)7-6-13(22)8-19/h2-5,14,27H,6-10,19H2,1H3,(H,20,24)(H,21,23)(H,25,26). The molecule has 6 N–H and O–H groups in total. The molecule has 0 aliphatic heterocycles. The van der Waals surface area contributed by atoms with E-state index in [1.807, 2.05) is 0 Å². The van der Waals surface area contributed by atoms with Gasteiger partial charge in [0, 0.05) is 12.8 Å². The van der Waals surface area contributed by atoms with Crippen molar-refractivity contribution in [1.29, 1.82) is 0 Å². The molecule has 0 spiro atoms. The number of carbonyl (C=O) groups is 4. The molecule has 0 saturated heterocycles. The van der Waals surface area contributed by atoms with Crippen LogP contribution in [-0.2, 0) is 19.2 Å². The number of hydrogen-bond donors (Lipinski definition) is 5. The van der Waals surface area contributed by atoms with Crippen molar-refractivity contribution in [3.63, 3.8) is 0 Å². The van der Waals surface area contributed by atoms with E-state index in [0.29, 0.717) is 5.69 Å². The molecule has 1 aromatic rings. The summed E-state index contributed by atoms with van der Waals surface area (Å²) in [5, 5.41) is 14.2. The minimum absolute atomic E-state index is 0.00612. The summed E-state index contributed by atoms with van der Waals surface area (Å²) in [6.45, 7) is -0.162. The van der Waals surface area contributed by atoms with Crippen LogP contribution in [0.3, 0.4) is 0 Å². The number of carboxylic acid groups (broad SMARTS) is 1. The van der Waals surface area contributed by atoms with Crippen LogP contribution in [0, 0.1) is 0 Å². The summed E-state index contributed by atoms with van der Waals surface area (Å²) in [5.41, 5.74) is 7.52. The molecular weight excluding hydrogens is 449 g/mol. The summed E-state index contributed by atoms with van der Waals surface area (Å²) in [6.07, 6.45) is -0.170. The first kappa shape index (κ1) is 24.2. The SMILES string of the molecule is C[As](O)c1ccc(NC(=O)CSCC(NC(=O)CCC(=O)CN)C(=O)O)cc1. The topological polar surface area (TPSA) is 159 Å². The zero-order valence-corrected chi connectivity index (χ0v) is 18.1. The third-order valence-corrected chi connectivity index (χ3v) is 6.76. The van der Waals surface area contributed by atoms with Gasteiger partial charge >= 0.3 is 132 Å². The second-order valence-electron chi connectivity index (χ2n) is 5.83. The molecule has 1 rings (SSSR count). The fraction of sp³-hybridized carbons (Fsp3) is 0.412. The summed E-state index contributed by atoms with van der Waals surface area (Å²) in [4.78, 5) is 46.0. The number of rotatable bonds is 12. The van der Waals surface area contributed by atoms with Crippen LogP contribution in [0.2, 0.25) is 5.71 Å². The molecule has 1 aromatic carbocycles. The Morgan fingerprint density at radius 2 is 1.79 bits per heavy atom. The molecule has 0 aliphatic rings. The van der Waals surface area contributed by atoms with Crippen molar-refractivity contribution in [2.75, 3.05) is 23.4 Å². The van der Waals surface area contributed by atoms with E-state index in [2.05, 4.69) is 10.6 Å². The number of ketones is 1.